The Labute approximate surface area is 203 Å². The van der Waals surface area contributed by atoms with E-state index in [4.69, 9.17) is 10.2 Å². The summed E-state index contributed by atoms with van der Waals surface area (Å²) in [6.07, 6.45) is 0. The molecular formula is C23H27N5O6S. The largest absolute Gasteiger partial charge is 0.505 e. The van der Waals surface area contributed by atoms with Crippen molar-refractivity contribution in [2.75, 3.05) is 19.4 Å². The number of anilines is 1. The molecule has 0 unspecified atom stereocenters. The molecule has 35 heavy (non-hydrogen) atoms. The number of nitrogens with two attached hydrogens (primary N) is 1. The lowest BCUT2D eigenvalue weighted by Crippen LogP contribution is -2.23. The number of amidine groups is 1. The minimum Gasteiger partial charge on any atom is -0.505 e. The number of para-hydroxylation sites is 1. The van der Waals surface area contributed by atoms with Gasteiger partial charge in [0.1, 0.15) is 17.2 Å². The standard InChI is InChI=1S/C23H27N5O6S/c1-11(2)17(16-10-12(3)13(4)34-16)26-22-18(20(21(24)30)35(32,33)27-22)25-15-9-7-8-14(19(15)29)23(31)28(5)6/h7-11,25,29H,1-6H3,(H2,24,30). The van der Waals surface area contributed by atoms with Crippen LogP contribution in [0.2, 0.25) is 0 Å². The molecule has 2 aromatic rings. The molecule has 0 fully saturated rings. The number of aryl methyl sites for hydroxylation is 2. The number of sulfonamides is 1. The zero-order valence-electron chi connectivity index (χ0n) is 20.2. The summed E-state index contributed by atoms with van der Waals surface area (Å²) < 4.78 is 34.8. The van der Waals surface area contributed by atoms with E-state index in [-0.39, 0.29) is 28.7 Å². The normalized spacial score (nSPS) is 15.4. The first kappa shape index (κ1) is 25.7. The maximum atomic E-state index is 12.7. The summed E-state index contributed by atoms with van der Waals surface area (Å²) in [5.41, 5.74) is 6.26. The molecule has 1 aromatic heterocycles. The third kappa shape index (κ3) is 4.97. The summed E-state index contributed by atoms with van der Waals surface area (Å²) in [5, 5.41) is 13.4. The number of benzene rings is 1. The fourth-order valence-corrected chi connectivity index (χ4v) is 4.46. The second-order valence-electron chi connectivity index (χ2n) is 8.49. The zero-order chi connectivity index (χ0) is 26.2. The summed E-state index contributed by atoms with van der Waals surface area (Å²) in [7, 11) is -1.44. The van der Waals surface area contributed by atoms with Gasteiger partial charge in [0.2, 0.25) is 0 Å². The van der Waals surface area contributed by atoms with E-state index in [0.29, 0.717) is 17.2 Å². The summed E-state index contributed by atoms with van der Waals surface area (Å²) >= 11 is 0. The Morgan fingerprint density at radius 2 is 1.89 bits per heavy atom. The number of nitrogens with one attached hydrogen (secondary N) is 1. The van der Waals surface area contributed by atoms with Gasteiger partial charge in [-0.3, -0.25) is 9.59 Å². The van der Waals surface area contributed by atoms with Crippen LogP contribution in [0, 0.1) is 19.8 Å². The topological polar surface area (TPSA) is 168 Å². The van der Waals surface area contributed by atoms with Gasteiger partial charge in [-0.05, 0) is 43.5 Å². The predicted molar refractivity (Wildman–Crippen MR) is 132 cm³/mol. The predicted octanol–water partition coefficient (Wildman–Crippen LogP) is 2.30. The molecule has 0 saturated heterocycles. The SMILES string of the molecule is Cc1cc(C(=NC2=NS(=O)(=O)C(C(N)=O)=C2Nc2cccc(C(=O)N(C)C)c2O)C(C)C)oc1C. The van der Waals surface area contributed by atoms with Crippen LogP contribution in [0.5, 0.6) is 5.75 Å². The first-order valence-corrected chi connectivity index (χ1v) is 12.0. The summed E-state index contributed by atoms with van der Waals surface area (Å²) in [4.78, 5) is 29.4. The molecule has 0 aliphatic carbocycles. The monoisotopic (exact) mass is 501 g/mol. The lowest BCUT2D eigenvalue weighted by Gasteiger charge is -2.16. The number of hydrogen-bond acceptors (Lipinski definition) is 8. The van der Waals surface area contributed by atoms with E-state index < -0.39 is 32.5 Å². The molecule has 186 valence electrons. The fourth-order valence-electron chi connectivity index (χ4n) is 3.35. The molecule has 1 aliphatic heterocycles. The minimum absolute atomic E-state index is 0.0338. The quantitative estimate of drug-likeness (QED) is 0.403. The maximum absolute atomic E-state index is 12.7. The number of aromatic hydroxyl groups is 1. The average molecular weight is 502 g/mol. The number of furan rings is 1. The second-order valence-corrected chi connectivity index (χ2v) is 10.0. The molecule has 1 aromatic carbocycles. The van der Waals surface area contributed by atoms with Crippen molar-refractivity contribution in [3.8, 4) is 5.75 Å². The smallest absolute Gasteiger partial charge is 0.292 e. The van der Waals surface area contributed by atoms with Crippen molar-refractivity contribution in [2.45, 2.75) is 27.7 Å². The molecule has 1 aliphatic rings. The Balaban J connectivity index is 2.19. The zero-order valence-corrected chi connectivity index (χ0v) is 21.0. The van der Waals surface area contributed by atoms with Gasteiger partial charge in [0.15, 0.2) is 16.5 Å². The van der Waals surface area contributed by atoms with Crippen LogP contribution in [0.4, 0.5) is 5.69 Å². The highest BCUT2D eigenvalue weighted by molar-refractivity contribution is 7.95. The lowest BCUT2D eigenvalue weighted by molar-refractivity contribution is -0.113. The van der Waals surface area contributed by atoms with Crippen molar-refractivity contribution in [2.24, 2.45) is 21.0 Å². The molecule has 0 saturated carbocycles. The highest BCUT2D eigenvalue weighted by Crippen LogP contribution is 2.33. The molecule has 11 nitrogen and oxygen atoms in total. The van der Waals surface area contributed by atoms with Crippen LogP contribution < -0.4 is 11.1 Å². The minimum atomic E-state index is -4.48. The Hall–Kier alpha value is -3.93. The van der Waals surface area contributed by atoms with Gasteiger partial charge in [-0.25, -0.2) is 4.99 Å². The molecule has 0 atom stereocenters. The number of primary amides is 1. The average Bonchev–Trinajstić information content (AvgIpc) is 3.21. The molecule has 0 spiro atoms. The van der Waals surface area contributed by atoms with E-state index in [9.17, 15) is 23.1 Å². The van der Waals surface area contributed by atoms with Gasteiger partial charge in [-0.15, -0.1) is 4.40 Å². The third-order valence-electron chi connectivity index (χ3n) is 5.26. The van der Waals surface area contributed by atoms with Crippen molar-refractivity contribution in [3.63, 3.8) is 0 Å². The lowest BCUT2D eigenvalue weighted by atomic mass is 10.1. The van der Waals surface area contributed by atoms with Gasteiger partial charge < -0.3 is 25.5 Å². The van der Waals surface area contributed by atoms with Crippen molar-refractivity contribution in [1.82, 2.24) is 4.90 Å². The summed E-state index contributed by atoms with van der Waals surface area (Å²) in [6, 6.07) is 6.07. The van der Waals surface area contributed by atoms with E-state index in [1.54, 1.807) is 13.0 Å². The van der Waals surface area contributed by atoms with Crippen molar-refractivity contribution in [1.29, 1.82) is 0 Å². The Kier molecular flexibility index (Phi) is 6.88. The van der Waals surface area contributed by atoms with E-state index in [1.807, 2.05) is 20.8 Å². The van der Waals surface area contributed by atoms with Gasteiger partial charge in [-0.2, -0.15) is 8.42 Å². The van der Waals surface area contributed by atoms with E-state index in [1.165, 1.54) is 37.2 Å². The van der Waals surface area contributed by atoms with Crippen LogP contribution in [0.15, 0.2) is 48.7 Å². The highest BCUT2D eigenvalue weighted by Gasteiger charge is 2.37. The number of hydrogen-bond donors (Lipinski definition) is 3. The number of phenols is 1. The number of phenolic OH excluding ortho intramolecular Hbond substituents is 1. The maximum Gasteiger partial charge on any atom is 0.292 e. The number of amides is 2. The molecule has 12 heteroatoms. The first-order chi connectivity index (χ1) is 16.2. The van der Waals surface area contributed by atoms with Crippen LogP contribution in [-0.2, 0) is 14.8 Å². The van der Waals surface area contributed by atoms with Crippen LogP contribution in [0.25, 0.3) is 0 Å². The molecule has 2 amide bonds. The Bertz CT molecular complexity index is 1390. The van der Waals surface area contributed by atoms with Crippen LogP contribution in [-0.4, -0.2) is 55.9 Å². The van der Waals surface area contributed by atoms with Crippen LogP contribution in [0.1, 0.15) is 41.3 Å². The summed E-state index contributed by atoms with van der Waals surface area (Å²) in [6.45, 7) is 7.33. The Morgan fingerprint density at radius 1 is 1.23 bits per heavy atom. The molecule has 0 bridgehead atoms. The number of rotatable bonds is 6. The number of aliphatic imine (C=N–C) groups is 1. The van der Waals surface area contributed by atoms with Crippen molar-refractivity contribution < 1.29 is 27.5 Å². The van der Waals surface area contributed by atoms with Gasteiger partial charge in [0.25, 0.3) is 21.8 Å². The van der Waals surface area contributed by atoms with E-state index in [0.717, 1.165) is 5.56 Å². The molecule has 2 heterocycles. The molecular weight excluding hydrogens is 474 g/mol. The van der Waals surface area contributed by atoms with Gasteiger partial charge >= 0.3 is 0 Å². The van der Waals surface area contributed by atoms with Gasteiger partial charge in [-0.1, -0.05) is 19.9 Å². The Morgan fingerprint density at radius 3 is 2.40 bits per heavy atom. The molecule has 4 N–H and O–H groups in total. The van der Waals surface area contributed by atoms with E-state index in [2.05, 4.69) is 14.7 Å². The van der Waals surface area contributed by atoms with Crippen molar-refractivity contribution >= 4 is 39.1 Å². The molecule has 0 radical (unpaired) electrons. The highest BCUT2D eigenvalue weighted by atomic mass is 32.2. The van der Waals surface area contributed by atoms with Crippen LogP contribution in [0.3, 0.4) is 0 Å². The van der Waals surface area contributed by atoms with Crippen molar-refractivity contribution in [3.05, 3.63) is 57.5 Å². The second kappa shape index (κ2) is 9.37. The number of carbonyl (C=O) groups excluding carboxylic acids is 2. The fraction of sp³-hybridized carbons (Fsp3) is 0.304. The number of nitrogens with zero attached hydrogens (tertiary/aromatic N) is 3. The first-order valence-electron chi connectivity index (χ1n) is 10.6. The number of carbonyl (C=O) groups is 2. The van der Waals surface area contributed by atoms with Gasteiger partial charge in [0.05, 0.1) is 17.0 Å². The molecule has 3 rings (SSSR count). The summed E-state index contributed by atoms with van der Waals surface area (Å²) in [5.74, 6) is -1.63. The van der Waals surface area contributed by atoms with Gasteiger partial charge in [0, 0.05) is 14.1 Å². The third-order valence-corrected chi connectivity index (χ3v) is 6.60. The van der Waals surface area contributed by atoms with Crippen LogP contribution >= 0.6 is 0 Å². The van der Waals surface area contributed by atoms with E-state index >= 15 is 0 Å².